The SMILES string of the molecule is CC1(C)O[C@@H]2O[C@@H](COCc3cn(CC4Cn5nncc5CO4)nn3)[C@H]3OC(C)(C)O[C@H]3[C@@H]2O1. The molecule has 0 radical (unpaired) electrons. The fourth-order valence-electron chi connectivity index (χ4n) is 4.91. The lowest BCUT2D eigenvalue weighted by Gasteiger charge is -2.37. The van der Waals surface area contributed by atoms with E-state index in [1.165, 1.54) is 0 Å². The van der Waals surface area contributed by atoms with Gasteiger partial charge in [0.25, 0.3) is 0 Å². The molecule has 34 heavy (non-hydrogen) atoms. The second-order valence-corrected chi connectivity index (χ2v) is 10.00. The Kier molecular flexibility index (Phi) is 5.48. The monoisotopic (exact) mass is 478 g/mol. The molecular weight excluding hydrogens is 448 g/mol. The lowest BCUT2D eigenvalue weighted by atomic mass is 9.99. The molecule has 0 N–H and O–H groups in total. The van der Waals surface area contributed by atoms with Crippen LogP contribution in [0.1, 0.15) is 39.1 Å². The van der Waals surface area contributed by atoms with Crippen molar-refractivity contribution in [1.29, 1.82) is 0 Å². The maximum Gasteiger partial charge on any atom is 0.190 e. The quantitative estimate of drug-likeness (QED) is 0.572. The van der Waals surface area contributed by atoms with E-state index in [9.17, 15) is 0 Å². The second kappa shape index (κ2) is 8.29. The van der Waals surface area contributed by atoms with Gasteiger partial charge in [0.15, 0.2) is 17.9 Å². The van der Waals surface area contributed by atoms with Crippen LogP contribution in [0, 0.1) is 0 Å². The third kappa shape index (κ3) is 4.37. The van der Waals surface area contributed by atoms with Gasteiger partial charge in [0.1, 0.15) is 30.1 Å². The maximum atomic E-state index is 6.17. The Morgan fingerprint density at radius 1 is 1.03 bits per heavy atom. The average molecular weight is 479 g/mol. The number of hydrogen-bond acceptors (Lipinski definition) is 11. The normalized spacial score (nSPS) is 35.6. The largest absolute Gasteiger partial charge is 0.372 e. The van der Waals surface area contributed by atoms with Crippen molar-refractivity contribution in [3.05, 3.63) is 23.8 Å². The van der Waals surface area contributed by atoms with E-state index in [-0.39, 0.29) is 37.1 Å². The summed E-state index contributed by atoms with van der Waals surface area (Å²) in [4.78, 5) is 0. The van der Waals surface area contributed by atoms with E-state index in [2.05, 4.69) is 20.6 Å². The number of nitrogens with zero attached hydrogens (tertiary/aromatic N) is 6. The molecule has 0 aromatic carbocycles. The molecule has 1 unspecified atom stereocenters. The molecule has 0 spiro atoms. The molecule has 6 rings (SSSR count). The predicted octanol–water partition coefficient (Wildman–Crippen LogP) is 0.382. The summed E-state index contributed by atoms with van der Waals surface area (Å²) in [5, 5.41) is 16.4. The van der Waals surface area contributed by atoms with Crippen molar-refractivity contribution in [2.45, 2.75) is 102 Å². The number of ether oxygens (including phenoxy) is 7. The summed E-state index contributed by atoms with van der Waals surface area (Å²) in [6.07, 6.45) is 1.64. The molecule has 6 atom stereocenters. The van der Waals surface area contributed by atoms with Crippen LogP contribution in [0.15, 0.2) is 12.4 Å². The Labute approximate surface area is 196 Å². The van der Waals surface area contributed by atoms with Gasteiger partial charge in [-0.15, -0.1) is 10.2 Å². The number of fused-ring (bicyclic) bond motifs is 4. The molecule has 0 bridgehead atoms. The highest BCUT2D eigenvalue weighted by Gasteiger charge is 2.60. The molecule has 2 aromatic rings. The third-order valence-electron chi connectivity index (χ3n) is 6.30. The van der Waals surface area contributed by atoms with Crippen molar-refractivity contribution in [2.75, 3.05) is 6.61 Å². The van der Waals surface area contributed by atoms with Crippen molar-refractivity contribution >= 4 is 0 Å². The van der Waals surface area contributed by atoms with E-state index >= 15 is 0 Å². The Hall–Kier alpha value is -2.00. The Morgan fingerprint density at radius 2 is 1.82 bits per heavy atom. The van der Waals surface area contributed by atoms with Gasteiger partial charge >= 0.3 is 0 Å². The molecule has 13 nitrogen and oxygen atoms in total. The molecule has 4 aliphatic rings. The summed E-state index contributed by atoms with van der Waals surface area (Å²) < 4.78 is 45.8. The van der Waals surface area contributed by atoms with E-state index in [0.717, 1.165) is 5.69 Å². The van der Waals surface area contributed by atoms with Gasteiger partial charge < -0.3 is 33.2 Å². The van der Waals surface area contributed by atoms with Gasteiger partial charge in [0.05, 0.1) is 57.1 Å². The summed E-state index contributed by atoms with van der Waals surface area (Å²) in [5.41, 5.74) is 1.69. The zero-order chi connectivity index (χ0) is 23.5. The van der Waals surface area contributed by atoms with E-state index in [0.29, 0.717) is 32.0 Å². The first-order chi connectivity index (χ1) is 16.2. The van der Waals surface area contributed by atoms with E-state index in [1.54, 1.807) is 10.9 Å². The van der Waals surface area contributed by atoms with Crippen molar-refractivity contribution < 1.29 is 33.2 Å². The van der Waals surface area contributed by atoms with Gasteiger partial charge in [-0.2, -0.15) is 0 Å². The molecule has 3 fully saturated rings. The van der Waals surface area contributed by atoms with Gasteiger partial charge in [-0.05, 0) is 27.7 Å². The molecule has 13 heteroatoms. The lowest BCUT2D eigenvalue weighted by Crippen LogP contribution is -2.56. The van der Waals surface area contributed by atoms with Crippen molar-refractivity contribution in [3.8, 4) is 0 Å². The summed E-state index contributed by atoms with van der Waals surface area (Å²) >= 11 is 0. The Bertz CT molecular complexity index is 1020. The average Bonchev–Trinajstić information content (AvgIpc) is 3.52. The first-order valence-corrected chi connectivity index (χ1v) is 11.6. The van der Waals surface area contributed by atoms with Crippen molar-refractivity contribution in [2.24, 2.45) is 0 Å². The lowest BCUT2D eigenvalue weighted by molar-refractivity contribution is -0.243. The molecule has 0 aliphatic carbocycles. The molecule has 186 valence electrons. The standard InChI is InChI=1S/C21H30N6O7/c1-20(2)31-16-15(30-19-18(17(16)32-20)33-21(3,4)34-19)11-28-9-12-6-26(25-23-12)7-14-8-27-13(10-29-14)5-22-24-27/h5-6,14-19H,7-11H2,1-4H3/t14?,15-,16+,17+,18-,19-/m0/s1. The fourth-order valence-corrected chi connectivity index (χ4v) is 4.91. The fraction of sp³-hybridized carbons (Fsp3) is 0.810. The zero-order valence-electron chi connectivity index (χ0n) is 19.7. The number of hydrogen-bond donors (Lipinski definition) is 0. The van der Waals surface area contributed by atoms with Gasteiger partial charge in [-0.3, -0.25) is 0 Å². The first kappa shape index (κ1) is 22.5. The molecule has 2 aromatic heterocycles. The summed E-state index contributed by atoms with van der Waals surface area (Å²) in [5.74, 6) is -1.49. The molecule has 4 aliphatic heterocycles. The molecule has 0 amide bonds. The van der Waals surface area contributed by atoms with Gasteiger partial charge in [-0.1, -0.05) is 10.4 Å². The highest BCUT2D eigenvalue weighted by Crippen LogP contribution is 2.44. The maximum absolute atomic E-state index is 6.17. The van der Waals surface area contributed by atoms with Crippen molar-refractivity contribution in [1.82, 2.24) is 30.0 Å². The Balaban J connectivity index is 1.04. The van der Waals surface area contributed by atoms with E-state index in [4.69, 9.17) is 33.2 Å². The Morgan fingerprint density at radius 3 is 2.71 bits per heavy atom. The predicted molar refractivity (Wildman–Crippen MR) is 111 cm³/mol. The van der Waals surface area contributed by atoms with Crippen LogP contribution in [0.3, 0.4) is 0 Å². The summed E-state index contributed by atoms with van der Waals surface area (Å²) in [6.45, 7) is 9.77. The smallest absolute Gasteiger partial charge is 0.190 e. The molecule has 0 saturated carbocycles. The topological polar surface area (TPSA) is 126 Å². The van der Waals surface area contributed by atoms with Crippen LogP contribution in [-0.2, 0) is 59.5 Å². The van der Waals surface area contributed by atoms with Gasteiger partial charge in [0.2, 0.25) is 0 Å². The summed E-state index contributed by atoms with van der Waals surface area (Å²) in [7, 11) is 0. The highest BCUT2D eigenvalue weighted by atomic mass is 16.9. The molecule has 6 heterocycles. The zero-order valence-corrected chi connectivity index (χ0v) is 19.7. The highest BCUT2D eigenvalue weighted by molar-refractivity contribution is 5.00. The van der Waals surface area contributed by atoms with Crippen LogP contribution in [-0.4, -0.2) is 85.0 Å². The second-order valence-electron chi connectivity index (χ2n) is 10.00. The van der Waals surface area contributed by atoms with Crippen LogP contribution >= 0.6 is 0 Å². The number of rotatable bonds is 6. The minimum absolute atomic E-state index is 0.0501. The first-order valence-electron chi connectivity index (χ1n) is 11.6. The van der Waals surface area contributed by atoms with Crippen LogP contribution < -0.4 is 0 Å². The molecular formula is C21H30N6O7. The van der Waals surface area contributed by atoms with E-state index < -0.39 is 17.9 Å². The van der Waals surface area contributed by atoms with Crippen LogP contribution in [0.4, 0.5) is 0 Å². The van der Waals surface area contributed by atoms with Crippen LogP contribution in [0.2, 0.25) is 0 Å². The summed E-state index contributed by atoms with van der Waals surface area (Å²) in [6, 6.07) is 0. The van der Waals surface area contributed by atoms with Crippen molar-refractivity contribution in [3.63, 3.8) is 0 Å². The number of aromatic nitrogens is 6. The minimum atomic E-state index is -0.748. The van der Waals surface area contributed by atoms with Crippen LogP contribution in [0.5, 0.6) is 0 Å². The van der Waals surface area contributed by atoms with E-state index in [1.807, 2.05) is 38.6 Å². The van der Waals surface area contributed by atoms with Gasteiger partial charge in [0, 0.05) is 0 Å². The van der Waals surface area contributed by atoms with Crippen LogP contribution in [0.25, 0.3) is 0 Å². The van der Waals surface area contributed by atoms with Gasteiger partial charge in [-0.25, -0.2) is 9.36 Å². The third-order valence-corrected chi connectivity index (χ3v) is 6.30. The molecule has 3 saturated heterocycles. The minimum Gasteiger partial charge on any atom is -0.372 e.